The van der Waals surface area contributed by atoms with E-state index < -0.39 is 5.20 Å². The molecule has 0 amide bonds. The lowest BCUT2D eigenvalue weighted by Crippen LogP contribution is -2.01. The number of aromatic amines is 1. The molecule has 0 atom stereocenters. The Morgan fingerprint density at radius 1 is 0.633 bits per heavy atom. The van der Waals surface area contributed by atoms with Crippen molar-refractivity contribution in [1.82, 2.24) is 9.97 Å². The number of H-pyrrole nitrogens is 1. The van der Waals surface area contributed by atoms with Gasteiger partial charge in [0, 0.05) is 39.8 Å². The summed E-state index contributed by atoms with van der Waals surface area (Å²) in [4.78, 5) is 19.2. The fraction of sp³-hybridized carbons (Fsp3) is 0.0556. The molecule has 6 rings (SSSR count). The van der Waals surface area contributed by atoms with E-state index in [1.807, 2.05) is 62.4 Å². The molecule has 0 aliphatic rings. The lowest BCUT2D eigenvalue weighted by Gasteiger charge is -2.07. The predicted molar refractivity (Wildman–Crippen MR) is 195 cm³/mol. The fourth-order valence-corrected chi connectivity index (χ4v) is 4.55. The van der Waals surface area contributed by atoms with Crippen LogP contribution in [0.4, 0.5) is 8.78 Å². The molecule has 6 nitrogen and oxygen atoms in total. The number of aromatic nitrogens is 2. The molecule has 1 N–H and O–H groups in total. The Morgan fingerprint density at radius 2 is 1.04 bits per heavy atom. The molecule has 49 heavy (non-hydrogen) atoms. The SMILES string of the molecule is Cc1cc(=O)cc(-c2ccc(Oc3ccc(F)cc3)cc2)[nH]1.Cc1cc(Cl)cc(-c2ccc(Oc3ccc(F)cc3)cc2)n1.O=P(Cl)(Cl)Cl. The van der Waals surface area contributed by atoms with E-state index in [4.69, 9.17) is 21.1 Å². The van der Waals surface area contributed by atoms with Gasteiger partial charge in [0.05, 0.1) is 5.69 Å². The van der Waals surface area contributed by atoms with Crippen LogP contribution < -0.4 is 14.9 Å². The van der Waals surface area contributed by atoms with Gasteiger partial charge in [-0.15, -0.1) is 0 Å². The molecule has 4 aromatic carbocycles. The zero-order valence-corrected chi connectivity index (χ0v) is 29.8. The summed E-state index contributed by atoms with van der Waals surface area (Å²) in [5, 5.41) is -2.56. The van der Waals surface area contributed by atoms with Gasteiger partial charge in [0.25, 0.3) is 0 Å². The number of rotatable bonds is 6. The molecule has 13 heteroatoms. The summed E-state index contributed by atoms with van der Waals surface area (Å²) in [5.74, 6) is 1.89. The summed E-state index contributed by atoms with van der Waals surface area (Å²) in [7, 11) is 0. The zero-order valence-electron chi connectivity index (χ0n) is 25.8. The second kappa shape index (κ2) is 17.5. The Kier molecular flexibility index (Phi) is 13.4. The highest BCUT2D eigenvalue weighted by atomic mass is 36.0. The minimum atomic E-state index is -3.22. The Labute approximate surface area is 300 Å². The standard InChI is InChI=1S/C18H13ClFNO.C18H14FNO2.Cl3OP/c1-12-10-14(19)11-18(21-12)13-2-6-16(7-3-13)22-17-8-4-15(20)5-9-17;1-12-10-15(21)11-18(20-12)13-2-6-16(7-3-13)22-17-8-4-14(19)5-9-17;1-5(2,3)4/h2-11H,1H3;2-11H,1H3,(H,20,21);. The van der Waals surface area contributed by atoms with E-state index in [1.54, 1.807) is 48.5 Å². The Hall–Kier alpha value is -4.17. The first-order valence-corrected chi connectivity index (χ1v) is 19.1. The molecule has 0 spiro atoms. The van der Waals surface area contributed by atoms with Crippen molar-refractivity contribution in [3.05, 3.63) is 160 Å². The number of hydrogen-bond donors (Lipinski definition) is 1. The number of nitrogens with zero attached hydrogens (tertiary/aromatic N) is 1. The van der Waals surface area contributed by atoms with Crippen LogP contribution in [0.5, 0.6) is 23.0 Å². The van der Waals surface area contributed by atoms with E-state index >= 15 is 0 Å². The number of halogens is 6. The average Bonchev–Trinajstić information content (AvgIpc) is 3.03. The maximum Gasteiger partial charge on any atom is 0.339 e. The first-order chi connectivity index (χ1) is 23.2. The summed E-state index contributed by atoms with van der Waals surface area (Å²) in [5.41, 5.74) is 5.09. The number of benzene rings is 4. The number of nitrogens with one attached hydrogen (secondary N) is 1. The topological polar surface area (TPSA) is 81.3 Å². The molecule has 2 aromatic heterocycles. The van der Waals surface area contributed by atoms with Crippen LogP contribution in [-0.4, -0.2) is 9.97 Å². The normalized spacial score (nSPS) is 10.6. The molecule has 0 saturated heterocycles. The third-order valence-electron chi connectivity index (χ3n) is 6.31. The summed E-state index contributed by atoms with van der Waals surface area (Å²) >= 11 is 19.9. The average molecular weight is 762 g/mol. The van der Waals surface area contributed by atoms with E-state index in [9.17, 15) is 18.1 Å². The van der Waals surface area contributed by atoms with Gasteiger partial charge in [0.1, 0.15) is 34.6 Å². The second-order valence-corrected chi connectivity index (χ2v) is 17.4. The molecule has 252 valence electrons. The van der Waals surface area contributed by atoms with Crippen LogP contribution in [0.3, 0.4) is 0 Å². The number of hydrogen-bond acceptors (Lipinski definition) is 5. The van der Waals surface area contributed by atoms with Crippen molar-refractivity contribution in [2.45, 2.75) is 13.8 Å². The van der Waals surface area contributed by atoms with Crippen LogP contribution in [0.1, 0.15) is 11.4 Å². The highest BCUT2D eigenvalue weighted by Crippen LogP contribution is 2.61. The lowest BCUT2D eigenvalue weighted by molar-refractivity contribution is 0.480. The third-order valence-corrected chi connectivity index (χ3v) is 6.53. The van der Waals surface area contributed by atoms with Gasteiger partial charge in [-0.1, -0.05) is 11.6 Å². The van der Waals surface area contributed by atoms with E-state index in [1.165, 1.54) is 24.3 Å². The first-order valence-electron chi connectivity index (χ1n) is 14.3. The monoisotopic (exact) mass is 760 g/mol. The highest BCUT2D eigenvalue weighted by molar-refractivity contribution is 8.24. The van der Waals surface area contributed by atoms with Crippen LogP contribution in [0.2, 0.25) is 5.02 Å². The smallest absolute Gasteiger partial charge is 0.339 e. The predicted octanol–water partition coefficient (Wildman–Crippen LogP) is 12.7. The van der Waals surface area contributed by atoms with E-state index in [2.05, 4.69) is 43.7 Å². The van der Waals surface area contributed by atoms with Crippen LogP contribution >= 0.6 is 50.5 Å². The molecule has 0 fully saturated rings. The Morgan fingerprint density at radius 3 is 1.45 bits per heavy atom. The quantitative estimate of drug-likeness (QED) is 0.171. The number of ether oxygens (including phenoxy) is 2. The van der Waals surface area contributed by atoms with Gasteiger partial charge in [-0.2, -0.15) is 0 Å². The molecule has 0 aliphatic heterocycles. The van der Waals surface area contributed by atoms with Gasteiger partial charge in [0.15, 0.2) is 5.43 Å². The maximum atomic E-state index is 12.9. The summed E-state index contributed by atoms with van der Waals surface area (Å²) in [6, 6.07) is 33.3. The van der Waals surface area contributed by atoms with Gasteiger partial charge in [-0.3, -0.25) is 14.3 Å². The van der Waals surface area contributed by atoms with Gasteiger partial charge in [-0.25, -0.2) is 8.78 Å². The summed E-state index contributed by atoms with van der Waals surface area (Å²) in [6.45, 7) is 3.75. The van der Waals surface area contributed by atoms with Crippen molar-refractivity contribution in [2.24, 2.45) is 0 Å². The highest BCUT2D eigenvalue weighted by Gasteiger charge is 2.05. The van der Waals surface area contributed by atoms with Crippen LogP contribution in [0.15, 0.2) is 126 Å². The molecular weight excluding hydrogens is 735 g/mol. The minimum absolute atomic E-state index is 0.0297. The van der Waals surface area contributed by atoms with Gasteiger partial charge >= 0.3 is 5.20 Å². The molecule has 0 saturated carbocycles. The zero-order chi connectivity index (χ0) is 35.6. The Bertz CT molecular complexity index is 2060. The maximum absolute atomic E-state index is 12.9. The summed E-state index contributed by atoms with van der Waals surface area (Å²) < 4.78 is 46.5. The van der Waals surface area contributed by atoms with Crippen molar-refractivity contribution < 1.29 is 22.8 Å². The Balaban J connectivity index is 0.000000194. The van der Waals surface area contributed by atoms with Crippen molar-refractivity contribution in [2.75, 3.05) is 0 Å². The molecule has 0 aliphatic carbocycles. The summed E-state index contributed by atoms with van der Waals surface area (Å²) in [6.07, 6.45) is 0. The number of aryl methyl sites for hydroxylation is 2. The van der Waals surface area contributed by atoms with Crippen LogP contribution in [0.25, 0.3) is 22.5 Å². The third kappa shape index (κ3) is 13.3. The molecule has 0 radical (unpaired) electrons. The fourth-order valence-electron chi connectivity index (χ4n) is 4.29. The van der Waals surface area contributed by atoms with E-state index in [-0.39, 0.29) is 17.1 Å². The van der Waals surface area contributed by atoms with Crippen molar-refractivity contribution in [1.29, 1.82) is 0 Å². The second-order valence-electron chi connectivity index (χ2n) is 10.3. The van der Waals surface area contributed by atoms with Crippen LogP contribution in [-0.2, 0) is 4.57 Å². The van der Waals surface area contributed by atoms with Gasteiger partial charge in [-0.05, 0) is 162 Å². The van der Waals surface area contributed by atoms with E-state index in [0.717, 1.165) is 33.9 Å². The molecule has 0 bridgehead atoms. The first kappa shape index (κ1) is 37.6. The van der Waals surface area contributed by atoms with Gasteiger partial charge < -0.3 is 14.5 Å². The molecular formula is C36H27Cl4F2N2O4P. The molecule has 0 unspecified atom stereocenters. The largest absolute Gasteiger partial charge is 0.457 e. The minimum Gasteiger partial charge on any atom is -0.457 e. The van der Waals surface area contributed by atoms with E-state index in [0.29, 0.717) is 28.0 Å². The van der Waals surface area contributed by atoms with Gasteiger partial charge in [0.2, 0.25) is 0 Å². The molecule has 6 aromatic rings. The van der Waals surface area contributed by atoms with Crippen molar-refractivity contribution in [3.63, 3.8) is 0 Å². The molecule has 2 heterocycles. The number of pyridine rings is 2. The van der Waals surface area contributed by atoms with Crippen molar-refractivity contribution in [3.8, 4) is 45.5 Å². The lowest BCUT2D eigenvalue weighted by atomic mass is 10.1. The van der Waals surface area contributed by atoms with Crippen LogP contribution in [0, 0.1) is 25.5 Å². The van der Waals surface area contributed by atoms with Crippen molar-refractivity contribution >= 4 is 50.5 Å².